The Hall–Kier alpha value is -0.780. The molecule has 0 fully saturated rings. The van der Waals surface area contributed by atoms with Gasteiger partial charge in [0.15, 0.2) is 0 Å². The average molecular weight is 143 g/mol. The highest BCUT2D eigenvalue weighted by atomic mass is 19.3. The van der Waals surface area contributed by atoms with Crippen LogP contribution in [0, 0.1) is 0 Å². The topological polar surface area (TPSA) is 21.3 Å². The predicted octanol–water partition coefficient (Wildman–Crippen LogP) is 1.22. The Bertz CT molecular complexity index is 165. The minimum atomic E-state index is -4.01. The van der Waals surface area contributed by atoms with Crippen LogP contribution < -0.4 is 5.48 Å². The average Bonchev–Trinajstić information content (AvgIpc) is 1.97. The van der Waals surface area contributed by atoms with Crippen LogP contribution in [0.15, 0.2) is 11.8 Å². The lowest BCUT2D eigenvalue weighted by Gasteiger charge is -2.02. The first-order valence-corrected chi connectivity index (χ1v) is 1.91. The molecule has 2 nitrogen and oxygen atoms in total. The summed E-state index contributed by atoms with van der Waals surface area (Å²) in [4.78, 5) is 3.32. The minimum absolute atomic E-state index is 0.838. The van der Waals surface area contributed by atoms with E-state index in [4.69, 9.17) is 0 Å². The number of halogens is 4. The van der Waals surface area contributed by atoms with E-state index in [1.54, 1.807) is 0 Å². The molecule has 0 atom stereocenters. The lowest BCUT2D eigenvalue weighted by molar-refractivity contribution is -0.0928. The molecular weight excluding hydrogens is 142 g/mol. The molecule has 0 aromatic heterocycles. The van der Waals surface area contributed by atoms with Crippen LogP contribution in [0.5, 0.6) is 0 Å². The minimum Gasteiger partial charge on any atom is -0.369 e. The van der Waals surface area contributed by atoms with E-state index < -0.39 is 17.9 Å². The summed E-state index contributed by atoms with van der Waals surface area (Å²) in [6.07, 6.45) is 0. The van der Waals surface area contributed by atoms with Gasteiger partial charge in [0.25, 0.3) is 5.83 Å². The second-order valence-electron chi connectivity index (χ2n) is 1.37. The van der Waals surface area contributed by atoms with E-state index in [0.29, 0.717) is 0 Å². The fourth-order valence-electron chi connectivity index (χ4n) is 0.322. The predicted molar refractivity (Wildman–Crippen MR) is 18.4 cm³/mol. The van der Waals surface area contributed by atoms with Crippen molar-refractivity contribution in [1.29, 1.82) is 0 Å². The summed E-state index contributed by atoms with van der Waals surface area (Å²) in [7, 11) is 0. The highest BCUT2D eigenvalue weighted by molar-refractivity contribution is 5.06. The highest BCUT2D eigenvalue weighted by Gasteiger charge is 2.46. The van der Waals surface area contributed by atoms with E-state index in [2.05, 4.69) is 4.84 Å². The van der Waals surface area contributed by atoms with Gasteiger partial charge in [-0.1, -0.05) is 5.48 Å². The molecule has 1 aliphatic rings. The zero-order valence-electron chi connectivity index (χ0n) is 3.92. The summed E-state index contributed by atoms with van der Waals surface area (Å²) in [6.45, 7) is 0. The monoisotopic (exact) mass is 143 g/mol. The molecule has 9 heavy (non-hydrogen) atoms. The van der Waals surface area contributed by atoms with E-state index in [1.165, 1.54) is 0 Å². The Morgan fingerprint density at radius 1 is 1.33 bits per heavy atom. The van der Waals surface area contributed by atoms with Gasteiger partial charge in [-0.15, -0.1) is 0 Å². The van der Waals surface area contributed by atoms with Gasteiger partial charge in [-0.3, -0.25) is 0 Å². The number of hydrogen-bond donors (Lipinski definition) is 1. The molecule has 0 amide bonds. The van der Waals surface area contributed by atoms with Crippen molar-refractivity contribution >= 4 is 0 Å². The maximum atomic E-state index is 11.7. The molecule has 0 saturated carbocycles. The lowest BCUT2D eigenvalue weighted by Crippen LogP contribution is -2.30. The summed E-state index contributed by atoms with van der Waals surface area (Å²) in [5.41, 5.74) is 0.838. The molecule has 0 aliphatic carbocycles. The van der Waals surface area contributed by atoms with Crippen LogP contribution in [-0.4, -0.2) is 6.05 Å². The third-order valence-electron chi connectivity index (χ3n) is 0.717. The molecule has 0 unspecified atom stereocenters. The van der Waals surface area contributed by atoms with Gasteiger partial charge in [-0.05, 0) is 0 Å². The van der Waals surface area contributed by atoms with Gasteiger partial charge in [0, 0.05) is 0 Å². The van der Waals surface area contributed by atoms with Gasteiger partial charge in [0.1, 0.15) is 0 Å². The summed E-state index contributed by atoms with van der Waals surface area (Å²) in [5.74, 6) is -2.22. The molecular formula is C3HF4NO. The number of hydroxylamine groups is 1. The van der Waals surface area contributed by atoms with Gasteiger partial charge < -0.3 is 4.84 Å². The summed E-state index contributed by atoms with van der Waals surface area (Å²) >= 11 is 0. The highest BCUT2D eigenvalue weighted by Crippen LogP contribution is 2.31. The second kappa shape index (κ2) is 1.60. The van der Waals surface area contributed by atoms with Gasteiger partial charge in [-0.2, -0.15) is 17.6 Å². The zero-order chi connectivity index (χ0) is 7.07. The van der Waals surface area contributed by atoms with Crippen molar-refractivity contribution in [2.45, 2.75) is 6.05 Å². The molecule has 0 aromatic carbocycles. The Balaban J connectivity index is 2.88. The quantitative estimate of drug-likeness (QED) is 0.406. The molecule has 0 aromatic rings. The van der Waals surface area contributed by atoms with Crippen LogP contribution in [0.2, 0.25) is 0 Å². The van der Waals surface area contributed by atoms with Crippen LogP contribution in [0.1, 0.15) is 0 Å². The van der Waals surface area contributed by atoms with Crippen molar-refractivity contribution in [3.63, 3.8) is 0 Å². The molecule has 1 aliphatic heterocycles. The summed E-state index contributed by atoms with van der Waals surface area (Å²) in [5, 5.41) is 0. The van der Waals surface area contributed by atoms with Crippen molar-refractivity contribution in [3.8, 4) is 0 Å². The van der Waals surface area contributed by atoms with E-state index in [0.717, 1.165) is 5.48 Å². The fourth-order valence-corrected chi connectivity index (χ4v) is 0.322. The molecule has 0 radical (unpaired) electrons. The normalized spacial score (nSPS) is 24.4. The fraction of sp³-hybridized carbons (Fsp3) is 0.333. The first-order chi connectivity index (χ1) is 4.04. The lowest BCUT2D eigenvalue weighted by atomic mass is 10.5. The van der Waals surface area contributed by atoms with Gasteiger partial charge in [0.05, 0.1) is 0 Å². The summed E-state index contributed by atoms with van der Waals surface area (Å²) < 4.78 is 46.6. The number of hydrogen-bond acceptors (Lipinski definition) is 2. The zero-order valence-corrected chi connectivity index (χ0v) is 3.92. The van der Waals surface area contributed by atoms with Gasteiger partial charge in [-0.25, -0.2) is 0 Å². The van der Waals surface area contributed by atoms with Crippen molar-refractivity contribution in [1.82, 2.24) is 5.48 Å². The van der Waals surface area contributed by atoms with Crippen LogP contribution in [0.25, 0.3) is 0 Å². The van der Waals surface area contributed by atoms with Crippen LogP contribution in [0.4, 0.5) is 17.6 Å². The first kappa shape index (κ1) is 6.34. The van der Waals surface area contributed by atoms with Crippen LogP contribution in [-0.2, 0) is 4.84 Å². The van der Waals surface area contributed by atoms with E-state index in [-0.39, 0.29) is 0 Å². The summed E-state index contributed by atoms with van der Waals surface area (Å²) in [6, 6.07) is -5.93. The molecule has 1 heterocycles. The van der Waals surface area contributed by atoms with E-state index in [1.807, 2.05) is 0 Å². The number of alkyl halides is 2. The SMILES string of the molecule is FC1=C(F)C(F)(F)NO1. The molecule has 0 bridgehead atoms. The smallest absolute Gasteiger partial charge is 0.369 e. The standard InChI is InChI=1S/C3HF4NO/c4-1-2(5)9-8-3(1,6)7/h8H. The van der Waals surface area contributed by atoms with Gasteiger partial charge >= 0.3 is 12.1 Å². The molecule has 0 spiro atoms. The largest absolute Gasteiger partial charge is 0.390 e. The Morgan fingerprint density at radius 2 is 1.89 bits per heavy atom. The van der Waals surface area contributed by atoms with Crippen molar-refractivity contribution in [2.75, 3.05) is 0 Å². The molecule has 0 saturated heterocycles. The van der Waals surface area contributed by atoms with Crippen LogP contribution >= 0.6 is 0 Å². The van der Waals surface area contributed by atoms with Crippen molar-refractivity contribution in [3.05, 3.63) is 11.8 Å². The molecule has 1 N–H and O–H groups in total. The Labute approximate surface area is 47.1 Å². The maximum Gasteiger partial charge on any atom is 0.390 e. The second-order valence-corrected chi connectivity index (χ2v) is 1.37. The van der Waals surface area contributed by atoms with Crippen LogP contribution in [0.3, 0.4) is 0 Å². The molecule has 6 heteroatoms. The number of nitrogens with one attached hydrogen (secondary N) is 1. The molecule has 52 valence electrons. The maximum absolute atomic E-state index is 11.7. The first-order valence-electron chi connectivity index (χ1n) is 1.91. The third-order valence-corrected chi connectivity index (χ3v) is 0.717. The molecule has 1 rings (SSSR count). The number of rotatable bonds is 0. The Morgan fingerprint density at radius 3 is 2.00 bits per heavy atom. The third kappa shape index (κ3) is 0.849. The van der Waals surface area contributed by atoms with Gasteiger partial charge in [0.2, 0.25) is 0 Å². The van der Waals surface area contributed by atoms with E-state index in [9.17, 15) is 17.6 Å². The van der Waals surface area contributed by atoms with Crippen molar-refractivity contribution < 1.29 is 22.4 Å². The van der Waals surface area contributed by atoms with Crippen molar-refractivity contribution in [2.24, 2.45) is 0 Å². The van der Waals surface area contributed by atoms with E-state index >= 15 is 0 Å². The Kier molecular flexibility index (Phi) is 1.13.